The lowest BCUT2D eigenvalue weighted by Crippen LogP contribution is -2.33. The maximum absolute atomic E-state index is 12.9. The van der Waals surface area contributed by atoms with E-state index in [4.69, 9.17) is 5.73 Å². The van der Waals surface area contributed by atoms with Crippen LogP contribution in [-0.2, 0) is 14.6 Å². The summed E-state index contributed by atoms with van der Waals surface area (Å²) in [5, 5.41) is -0.845. The average Bonchev–Trinajstić information content (AvgIpc) is 2.96. The second-order valence-electron chi connectivity index (χ2n) is 5.74. The molecule has 130 valence electrons. The molecule has 0 spiro atoms. The van der Waals surface area contributed by atoms with Gasteiger partial charge in [-0.05, 0) is 50.1 Å². The third-order valence-electron chi connectivity index (χ3n) is 4.11. The van der Waals surface area contributed by atoms with Crippen molar-refractivity contribution in [1.82, 2.24) is 4.90 Å². The number of likely N-dealkylation sites (tertiary alicyclic amines) is 1. The fraction of sp³-hybridized carbons (Fsp3) is 0.533. The molecule has 8 heteroatoms. The summed E-state index contributed by atoms with van der Waals surface area (Å²) in [6.07, 6.45) is 0.790. The summed E-state index contributed by atoms with van der Waals surface area (Å²) < 4.78 is 37.7. The van der Waals surface area contributed by atoms with Crippen molar-refractivity contribution < 1.29 is 17.6 Å². The zero-order valence-corrected chi connectivity index (χ0v) is 14.6. The van der Waals surface area contributed by atoms with Crippen molar-refractivity contribution in [3.63, 3.8) is 0 Å². The third kappa shape index (κ3) is 4.65. The molecule has 23 heavy (non-hydrogen) atoms. The van der Waals surface area contributed by atoms with Gasteiger partial charge in [-0.1, -0.05) is 0 Å². The van der Waals surface area contributed by atoms with Gasteiger partial charge in [-0.25, -0.2) is 12.8 Å². The lowest BCUT2D eigenvalue weighted by molar-refractivity contribution is -0.130. The van der Waals surface area contributed by atoms with Gasteiger partial charge in [0.05, 0.1) is 10.1 Å². The minimum atomic E-state index is -3.64. The van der Waals surface area contributed by atoms with Crippen molar-refractivity contribution >= 4 is 28.2 Å². The number of sulfone groups is 1. The van der Waals surface area contributed by atoms with Gasteiger partial charge in [0, 0.05) is 19.5 Å². The quantitative estimate of drug-likeness (QED) is 0.805. The van der Waals surface area contributed by atoms with Gasteiger partial charge in [0.15, 0.2) is 9.84 Å². The molecule has 0 aromatic heterocycles. The predicted molar refractivity (Wildman–Crippen MR) is 88.7 cm³/mol. The van der Waals surface area contributed by atoms with Crippen molar-refractivity contribution in [3.05, 3.63) is 30.1 Å². The lowest BCUT2D eigenvalue weighted by Gasteiger charge is -2.19. The topological polar surface area (TPSA) is 80.5 Å². The van der Waals surface area contributed by atoms with E-state index < -0.39 is 20.9 Å². The number of carbonyl (C=O) groups is 1. The molecular formula is C15H22ClFN2O3S. The number of hydrogen-bond acceptors (Lipinski definition) is 4. The highest BCUT2D eigenvalue weighted by molar-refractivity contribution is 7.92. The van der Waals surface area contributed by atoms with Gasteiger partial charge in [-0.2, -0.15) is 0 Å². The van der Waals surface area contributed by atoms with Crippen molar-refractivity contribution in [3.8, 4) is 0 Å². The Labute approximate surface area is 142 Å². The minimum absolute atomic E-state index is 0. The van der Waals surface area contributed by atoms with E-state index in [0.29, 0.717) is 25.6 Å². The molecular weight excluding hydrogens is 343 g/mol. The number of rotatable bonds is 5. The van der Waals surface area contributed by atoms with E-state index in [-0.39, 0.29) is 29.6 Å². The molecule has 0 saturated carbocycles. The molecule has 1 amide bonds. The molecule has 0 radical (unpaired) electrons. The van der Waals surface area contributed by atoms with Gasteiger partial charge in [-0.15, -0.1) is 12.4 Å². The van der Waals surface area contributed by atoms with Gasteiger partial charge in [0.1, 0.15) is 5.82 Å². The summed E-state index contributed by atoms with van der Waals surface area (Å²) in [4.78, 5) is 13.9. The highest BCUT2D eigenvalue weighted by Gasteiger charge is 2.30. The summed E-state index contributed by atoms with van der Waals surface area (Å²) in [5.41, 5.74) is 5.59. The van der Waals surface area contributed by atoms with Crippen molar-refractivity contribution in [2.75, 3.05) is 19.6 Å². The van der Waals surface area contributed by atoms with Crippen LogP contribution in [0.1, 0.15) is 19.8 Å². The first-order chi connectivity index (χ1) is 10.3. The summed E-state index contributed by atoms with van der Waals surface area (Å²) in [7, 11) is -3.64. The van der Waals surface area contributed by atoms with E-state index in [1.54, 1.807) is 4.90 Å². The fourth-order valence-electron chi connectivity index (χ4n) is 2.59. The molecule has 1 heterocycles. The highest BCUT2D eigenvalue weighted by atomic mass is 35.5. The standard InChI is InChI=1S/C15H21FN2O3S.ClH/c1-11(8-15(19)18-7-6-12(9-17)10-18)22(20,21)14-4-2-13(16)3-5-14;/h2-5,11-12H,6-10,17H2,1H3;1H. The van der Waals surface area contributed by atoms with Crippen LogP contribution in [0.2, 0.25) is 0 Å². The van der Waals surface area contributed by atoms with Crippen molar-refractivity contribution in [2.24, 2.45) is 11.7 Å². The largest absolute Gasteiger partial charge is 0.342 e. The monoisotopic (exact) mass is 364 g/mol. The van der Waals surface area contributed by atoms with E-state index in [2.05, 4.69) is 0 Å². The number of halogens is 2. The molecule has 1 aromatic carbocycles. The minimum Gasteiger partial charge on any atom is -0.342 e. The van der Waals surface area contributed by atoms with Gasteiger partial charge >= 0.3 is 0 Å². The normalized spacial score (nSPS) is 19.3. The summed E-state index contributed by atoms with van der Waals surface area (Å²) in [6.45, 7) is 3.27. The Balaban J connectivity index is 0.00000264. The Morgan fingerprint density at radius 1 is 1.39 bits per heavy atom. The van der Waals surface area contributed by atoms with Crippen LogP contribution < -0.4 is 5.73 Å². The maximum atomic E-state index is 12.9. The second-order valence-corrected chi connectivity index (χ2v) is 8.11. The highest BCUT2D eigenvalue weighted by Crippen LogP contribution is 2.21. The molecule has 0 aliphatic carbocycles. The molecule has 0 bridgehead atoms. The Kier molecular flexibility index (Phi) is 6.98. The van der Waals surface area contributed by atoms with Crippen LogP contribution in [0.25, 0.3) is 0 Å². The summed E-state index contributed by atoms with van der Waals surface area (Å²) in [5.74, 6) is -0.366. The Morgan fingerprint density at radius 3 is 2.52 bits per heavy atom. The van der Waals surface area contributed by atoms with E-state index in [0.717, 1.165) is 18.6 Å². The van der Waals surface area contributed by atoms with Gasteiger partial charge in [0.2, 0.25) is 5.91 Å². The summed E-state index contributed by atoms with van der Waals surface area (Å²) >= 11 is 0. The molecule has 1 aliphatic heterocycles. The van der Waals surface area contributed by atoms with Gasteiger partial charge in [0.25, 0.3) is 0 Å². The first kappa shape index (κ1) is 19.9. The van der Waals surface area contributed by atoms with Crippen LogP contribution in [0, 0.1) is 11.7 Å². The Bertz CT molecular complexity index is 637. The zero-order valence-electron chi connectivity index (χ0n) is 12.9. The molecule has 2 atom stereocenters. The molecule has 2 unspecified atom stereocenters. The third-order valence-corrected chi connectivity index (χ3v) is 6.26. The molecule has 2 N–H and O–H groups in total. The Morgan fingerprint density at radius 2 is 2.00 bits per heavy atom. The predicted octanol–water partition coefficient (Wildman–Crippen LogP) is 1.61. The number of benzene rings is 1. The van der Waals surface area contributed by atoms with Crippen LogP contribution in [0.3, 0.4) is 0 Å². The maximum Gasteiger partial charge on any atom is 0.223 e. The van der Waals surface area contributed by atoms with E-state index in [1.807, 2.05) is 0 Å². The molecule has 1 aromatic rings. The van der Waals surface area contributed by atoms with E-state index >= 15 is 0 Å². The van der Waals surface area contributed by atoms with E-state index in [1.165, 1.54) is 19.1 Å². The average molecular weight is 365 g/mol. The molecule has 1 fully saturated rings. The lowest BCUT2D eigenvalue weighted by atomic mass is 10.1. The number of amides is 1. The van der Waals surface area contributed by atoms with Crippen LogP contribution >= 0.6 is 12.4 Å². The summed E-state index contributed by atoms with van der Waals surface area (Å²) in [6, 6.07) is 4.67. The van der Waals surface area contributed by atoms with Crippen molar-refractivity contribution in [1.29, 1.82) is 0 Å². The van der Waals surface area contributed by atoms with Gasteiger partial charge < -0.3 is 10.6 Å². The Hall–Kier alpha value is -1.18. The number of carbonyl (C=O) groups excluding carboxylic acids is 1. The van der Waals surface area contributed by atoms with Crippen LogP contribution in [0.5, 0.6) is 0 Å². The van der Waals surface area contributed by atoms with Crippen LogP contribution in [-0.4, -0.2) is 44.1 Å². The second kappa shape index (κ2) is 8.08. The SMILES string of the molecule is CC(CC(=O)N1CCC(CN)C1)S(=O)(=O)c1ccc(F)cc1.Cl. The first-order valence-corrected chi connectivity index (χ1v) is 8.86. The molecule has 2 rings (SSSR count). The number of nitrogens with zero attached hydrogens (tertiary/aromatic N) is 1. The fourth-order valence-corrected chi connectivity index (χ4v) is 3.93. The molecule has 1 aliphatic rings. The molecule has 5 nitrogen and oxygen atoms in total. The van der Waals surface area contributed by atoms with Gasteiger partial charge in [-0.3, -0.25) is 4.79 Å². The van der Waals surface area contributed by atoms with Crippen molar-refractivity contribution in [2.45, 2.75) is 29.9 Å². The van der Waals surface area contributed by atoms with Crippen LogP contribution in [0.15, 0.2) is 29.2 Å². The van der Waals surface area contributed by atoms with Crippen LogP contribution in [0.4, 0.5) is 4.39 Å². The number of hydrogen-bond donors (Lipinski definition) is 1. The smallest absolute Gasteiger partial charge is 0.223 e. The van der Waals surface area contributed by atoms with E-state index in [9.17, 15) is 17.6 Å². The molecule has 1 saturated heterocycles. The first-order valence-electron chi connectivity index (χ1n) is 7.32. The number of nitrogens with two attached hydrogens (primary N) is 1. The zero-order chi connectivity index (χ0) is 16.3.